The molecular weight excluding hydrogens is 298 g/mol. The molecule has 0 radical (unpaired) electrons. The van der Waals surface area contributed by atoms with Crippen molar-refractivity contribution in [2.45, 2.75) is 26.3 Å². The highest BCUT2D eigenvalue weighted by molar-refractivity contribution is 5.80. The fourth-order valence-electron chi connectivity index (χ4n) is 2.11. The number of carboxylic acids is 1. The highest BCUT2D eigenvalue weighted by Crippen LogP contribution is 2.14. The van der Waals surface area contributed by atoms with Crippen LogP contribution >= 0.6 is 0 Å². The van der Waals surface area contributed by atoms with E-state index in [1.165, 1.54) is 9.70 Å². The normalized spacial score (nSPS) is 11.9. The Morgan fingerprint density at radius 3 is 2.61 bits per heavy atom. The number of benzene rings is 1. The SMILES string of the molecule is CCN(CCC(=O)O)C(=O)C(C)n1nnc(-c2ccccc2)n1. The van der Waals surface area contributed by atoms with Crippen molar-refractivity contribution in [2.75, 3.05) is 13.1 Å². The van der Waals surface area contributed by atoms with Gasteiger partial charge in [0.1, 0.15) is 6.04 Å². The fraction of sp³-hybridized carbons (Fsp3) is 0.400. The van der Waals surface area contributed by atoms with Gasteiger partial charge in [-0.2, -0.15) is 4.80 Å². The molecule has 0 saturated carbocycles. The van der Waals surface area contributed by atoms with Gasteiger partial charge in [0.05, 0.1) is 6.42 Å². The number of nitrogens with zero attached hydrogens (tertiary/aromatic N) is 5. The zero-order chi connectivity index (χ0) is 16.8. The van der Waals surface area contributed by atoms with Crippen molar-refractivity contribution in [1.29, 1.82) is 0 Å². The lowest BCUT2D eigenvalue weighted by Crippen LogP contribution is -2.38. The molecule has 1 heterocycles. The first kappa shape index (κ1) is 16.6. The predicted molar refractivity (Wildman–Crippen MR) is 82.5 cm³/mol. The van der Waals surface area contributed by atoms with Crippen LogP contribution in [0, 0.1) is 0 Å². The van der Waals surface area contributed by atoms with Gasteiger partial charge >= 0.3 is 5.97 Å². The number of carboxylic acid groups (broad SMARTS) is 1. The van der Waals surface area contributed by atoms with Gasteiger partial charge in [-0.1, -0.05) is 30.3 Å². The zero-order valence-corrected chi connectivity index (χ0v) is 13.1. The second-order valence-electron chi connectivity index (χ2n) is 5.04. The van der Waals surface area contributed by atoms with Gasteiger partial charge in [0.25, 0.3) is 0 Å². The molecule has 2 aromatic rings. The average Bonchev–Trinajstić information content (AvgIpc) is 3.05. The number of aromatic nitrogens is 4. The average molecular weight is 317 g/mol. The molecule has 1 aromatic carbocycles. The summed E-state index contributed by atoms with van der Waals surface area (Å²) in [5.41, 5.74) is 0.816. The molecule has 2 rings (SSSR count). The monoisotopic (exact) mass is 317 g/mol. The van der Waals surface area contributed by atoms with Crippen molar-refractivity contribution in [2.24, 2.45) is 0 Å². The van der Waals surface area contributed by atoms with Gasteiger partial charge in [-0.05, 0) is 19.1 Å². The standard InChI is InChI=1S/C15H19N5O3/c1-3-19(10-9-13(21)22)15(23)11(2)20-17-14(16-18-20)12-7-5-4-6-8-12/h4-8,11H,3,9-10H2,1-2H3,(H,21,22). The summed E-state index contributed by atoms with van der Waals surface area (Å²) in [5, 5.41) is 20.9. The Bertz CT molecular complexity index is 671. The van der Waals surface area contributed by atoms with E-state index < -0.39 is 12.0 Å². The van der Waals surface area contributed by atoms with Gasteiger partial charge in [-0.15, -0.1) is 10.2 Å². The van der Waals surface area contributed by atoms with Gasteiger partial charge in [0.15, 0.2) is 0 Å². The Balaban J connectivity index is 2.10. The maximum Gasteiger partial charge on any atom is 0.305 e. The molecule has 0 saturated heterocycles. The van der Waals surface area contributed by atoms with Crippen molar-refractivity contribution >= 4 is 11.9 Å². The largest absolute Gasteiger partial charge is 0.481 e. The molecule has 1 amide bonds. The molecular formula is C15H19N5O3. The van der Waals surface area contributed by atoms with E-state index in [1.54, 1.807) is 13.8 Å². The summed E-state index contributed by atoms with van der Waals surface area (Å²) in [7, 11) is 0. The first-order valence-electron chi connectivity index (χ1n) is 7.38. The van der Waals surface area contributed by atoms with Crippen LogP contribution in [-0.2, 0) is 9.59 Å². The van der Waals surface area contributed by atoms with Crippen LogP contribution in [-0.4, -0.2) is 55.2 Å². The maximum absolute atomic E-state index is 12.4. The molecule has 122 valence electrons. The third kappa shape index (κ3) is 4.12. The minimum absolute atomic E-state index is 0.0909. The van der Waals surface area contributed by atoms with Gasteiger partial charge in [0.2, 0.25) is 11.7 Å². The lowest BCUT2D eigenvalue weighted by atomic mass is 10.2. The lowest BCUT2D eigenvalue weighted by molar-refractivity contribution is -0.139. The summed E-state index contributed by atoms with van der Waals surface area (Å²) in [4.78, 5) is 25.8. The molecule has 1 aromatic heterocycles. The van der Waals surface area contributed by atoms with E-state index >= 15 is 0 Å². The van der Waals surface area contributed by atoms with E-state index in [0.29, 0.717) is 12.4 Å². The number of rotatable bonds is 7. The summed E-state index contributed by atoms with van der Waals surface area (Å²) >= 11 is 0. The quantitative estimate of drug-likeness (QED) is 0.824. The van der Waals surface area contributed by atoms with Gasteiger partial charge in [0, 0.05) is 18.7 Å². The Morgan fingerprint density at radius 2 is 2.00 bits per heavy atom. The number of amides is 1. The Kier molecular flexibility index (Phi) is 5.40. The van der Waals surface area contributed by atoms with Crippen LogP contribution in [0.5, 0.6) is 0 Å². The molecule has 1 N–H and O–H groups in total. The third-order valence-electron chi connectivity index (χ3n) is 3.45. The Hall–Kier alpha value is -2.77. The van der Waals surface area contributed by atoms with Crippen LogP contribution in [0.3, 0.4) is 0 Å². The van der Waals surface area contributed by atoms with Crippen molar-refractivity contribution in [1.82, 2.24) is 25.1 Å². The Labute approximate surface area is 133 Å². The van der Waals surface area contributed by atoms with Crippen molar-refractivity contribution < 1.29 is 14.7 Å². The molecule has 0 aliphatic carbocycles. The van der Waals surface area contributed by atoms with Crippen molar-refractivity contribution in [3.8, 4) is 11.4 Å². The van der Waals surface area contributed by atoms with Crippen molar-refractivity contribution in [3.63, 3.8) is 0 Å². The second kappa shape index (κ2) is 7.48. The molecule has 0 aliphatic heterocycles. The van der Waals surface area contributed by atoms with Crippen LogP contribution in [0.4, 0.5) is 0 Å². The van der Waals surface area contributed by atoms with E-state index in [2.05, 4.69) is 15.4 Å². The number of tetrazole rings is 1. The molecule has 0 spiro atoms. The van der Waals surface area contributed by atoms with Crippen LogP contribution in [0.1, 0.15) is 26.3 Å². The molecule has 23 heavy (non-hydrogen) atoms. The van der Waals surface area contributed by atoms with Crippen LogP contribution in [0.25, 0.3) is 11.4 Å². The third-order valence-corrected chi connectivity index (χ3v) is 3.45. The highest BCUT2D eigenvalue weighted by atomic mass is 16.4. The molecule has 0 aliphatic rings. The number of aliphatic carboxylic acids is 1. The zero-order valence-electron chi connectivity index (χ0n) is 13.1. The van der Waals surface area contributed by atoms with Gasteiger partial charge in [-0.25, -0.2) is 0 Å². The van der Waals surface area contributed by atoms with Crippen LogP contribution in [0.15, 0.2) is 30.3 Å². The first-order chi connectivity index (χ1) is 11.0. The summed E-state index contributed by atoms with van der Waals surface area (Å²) < 4.78 is 0. The number of hydrogen-bond donors (Lipinski definition) is 1. The van der Waals surface area contributed by atoms with Crippen LogP contribution in [0.2, 0.25) is 0 Å². The van der Waals surface area contributed by atoms with E-state index in [-0.39, 0.29) is 18.9 Å². The summed E-state index contributed by atoms with van der Waals surface area (Å²) in [6, 6.07) is 8.71. The molecule has 8 nitrogen and oxygen atoms in total. The lowest BCUT2D eigenvalue weighted by Gasteiger charge is -2.22. The topological polar surface area (TPSA) is 101 Å². The smallest absolute Gasteiger partial charge is 0.305 e. The van der Waals surface area contributed by atoms with Crippen LogP contribution < -0.4 is 0 Å². The highest BCUT2D eigenvalue weighted by Gasteiger charge is 2.23. The summed E-state index contributed by atoms with van der Waals surface area (Å²) in [5.74, 6) is -0.723. The number of carbonyl (C=O) groups excluding carboxylic acids is 1. The first-order valence-corrected chi connectivity index (χ1v) is 7.38. The number of likely N-dealkylation sites (N-methyl/N-ethyl adjacent to an activating group) is 1. The summed E-state index contributed by atoms with van der Waals surface area (Å²) in [6.07, 6.45) is -0.0909. The van der Waals surface area contributed by atoms with Crippen molar-refractivity contribution in [3.05, 3.63) is 30.3 Å². The fourth-order valence-corrected chi connectivity index (χ4v) is 2.11. The minimum Gasteiger partial charge on any atom is -0.481 e. The predicted octanol–water partition coefficient (Wildman–Crippen LogP) is 1.22. The maximum atomic E-state index is 12.4. The van der Waals surface area contributed by atoms with Gasteiger partial charge < -0.3 is 10.0 Å². The molecule has 1 unspecified atom stereocenters. The number of hydrogen-bond acceptors (Lipinski definition) is 5. The van der Waals surface area contributed by atoms with Gasteiger partial charge in [-0.3, -0.25) is 9.59 Å². The van der Waals surface area contributed by atoms with E-state index in [1.807, 2.05) is 30.3 Å². The molecule has 0 bridgehead atoms. The minimum atomic E-state index is -0.936. The van der Waals surface area contributed by atoms with E-state index in [9.17, 15) is 9.59 Å². The molecule has 1 atom stereocenters. The molecule has 0 fully saturated rings. The summed E-state index contributed by atoms with van der Waals surface area (Å²) in [6.45, 7) is 4.06. The second-order valence-corrected chi connectivity index (χ2v) is 5.04. The van der Waals surface area contributed by atoms with E-state index in [4.69, 9.17) is 5.11 Å². The molecule has 8 heteroatoms. The number of carbonyl (C=O) groups is 2. The Morgan fingerprint density at radius 1 is 1.30 bits per heavy atom. The van der Waals surface area contributed by atoms with E-state index in [0.717, 1.165) is 5.56 Å².